The molecule has 1 saturated heterocycles. The van der Waals surface area contributed by atoms with Crippen molar-refractivity contribution in [2.24, 2.45) is 0 Å². The van der Waals surface area contributed by atoms with Crippen LogP contribution in [-0.2, 0) is 38.1 Å². The van der Waals surface area contributed by atoms with E-state index >= 15 is 0 Å². The molecule has 4 heterocycles. The third kappa shape index (κ3) is 3.50. The van der Waals surface area contributed by atoms with Gasteiger partial charge in [-0.3, -0.25) is 14.5 Å². The Morgan fingerprint density at radius 3 is 2.45 bits per heavy atom. The Labute approximate surface area is 187 Å². The van der Waals surface area contributed by atoms with Gasteiger partial charge in [0.05, 0.1) is 28.8 Å². The summed E-state index contributed by atoms with van der Waals surface area (Å²) in [5.41, 5.74) is 2.73. The van der Waals surface area contributed by atoms with E-state index in [1.807, 2.05) is 0 Å². The van der Waals surface area contributed by atoms with E-state index < -0.39 is 9.84 Å². The van der Waals surface area contributed by atoms with E-state index in [1.54, 1.807) is 24.3 Å². The highest BCUT2D eigenvalue weighted by atomic mass is 35.5. The molecule has 10 heteroatoms. The maximum absolute atomic E-state index is 12.2. The van der Waals surface area contributed by atoms with Crippen molar-refractivity contribution >= 4 is 54.8 Å². The van der Waals surface area contributed by atoms with E-state index in [-0.39, 0.29) is 48.5 Å². The fourth-order valence-corrected chi connectivity index (χ4v) is 7.48. The molecule has 0 radical (unpaired) electrons. The summed E-state index contributed by atoms with van der Waals surface area (Å²) in [6.45, 7) is -0.0294. The highest BCUT2D eigenvalue weighted by Crippen LogP contribution is 2.45. The number of benzene rings is 1. The molecule has 0 unspecified atom stereocenters. The first-order chi connectivity index (χ1) is 14.7. The van der Waals surface area contributed by atoms with Crippen LogP contribution < -0.4 is 0 Å². The zero-order valence-corrected chi connectivity index (χ0v) is 18.6. The number of aromatic hydroxyl groups is 1. The number of nitrogens with zero attached hydrogens (tertiary/aromatic N) is 2. The van der Waals surface area contributed by atoms with Gasteiger partial charge in [-0.05, 0) is 29.7 Å². The Kier molecular flexibility index (Phi) is 4.80. The van der Waals surface area contributed by atoms with Crippen LogP contribution in [0.2, 0.25) is 5.02 Å². The summed E-state index contributed by atoms with van der Waals surface area (Å²) >= 11 is 8.11. The lowest BCUT2D eigenvalue weighted by molar-refractivity contribution is -0.139. The molecule has 7 nitrogen and oxygen atoms in total. The molecule has 0 bridgehead atoms. The average molecular weight is 477 g/mol. The van der Waals surface area contributed by atoms with Crippen LogP contribution >= 0.6 is 22.9 Å². The standard InChI is InChI=1S/C21H17ClN2O5S2/c22-20-14(9-24-16(26)5-6-17(24)27)23-21-19(18(20)11-1-3-12(25)4-2-11)13-7-8-31(28,29)10-15(13)30-21/h1-4,25H,5-10H2. The van der Waals surface area contributed by atoms with E-state index in [2.05, 4.69) is 4.98 Å². The Balaban J connectivity index is 1.75. The number of aryl methyl sites for hydroxylation is 1. The first kappa shape index (κ1) is 20.4. The summed E-state index contributed by atoms with van der Waals surface area (Å²) in [6, 6.07) is 6.56. The molecule has 31 heavy (non-hydrogen) atoms. The van der Waals surface area contributed by atoms with Crippen molar-refractivity contribution < 1.29 is 23.1 Å². The number of fused-ring (bicyclic) bond motifs is 3. The van der Waals surface area contributed by atoms with Crippen LogP contribution in [0, 0.1) is 0 Å². The van der Waals surface area contributed by atoms with Gasteiger partial charge in [-0.2, -0.15) is 0 Å². The minimum atomic E-state index is -3.16. The van der Waals surface area contributed by atoms with Crippen LogP contribution in [0.15, 0.2) is 24.3 Å². The van der Waals surface area contributed by atoms with Gasteiger partial charge in [0.15, 0.2) is 9.84 Å². The molecule has 0 saturated carbocycles. The van der Waals surface area contributed by atoms with Crippen molar-refractivity contribution in [3.05, 3.63) is 45.4 Å². The Bertz CT molecular complexity index is 1350. The third-order valence-electron chi connectivity index (χ3n) is 5.66. The van der Waals surface area contributed by atoms with Crippen molar-refractivity contribution in [2.75, 3.05) is 5.75 Å². The van der Waals surface area contributed by atoms with Crippen LogP contribution in [-0.4, -0.2) is 41.0 Å². The number of aromatic nitrogens is 1. The number of phenols is 1. The van der Waals surface area contributed by atoms with Crippen LogP contribution in [0.25, 0.3) is 21.3 Å². The molecular formula is C21H17ClN2O5S2. The lowest BCUT2D eigenvalue weighted by Crippen LogP contribution is -2.29. The van der Waals surface area contributed by atoms with Crippen molar-refractivity contribution in [3.63, 3.8) is 0 Å². The van der Waals surface area contributed by atoms with Crippen molar-refractivity contribution in [1.82, 2.24) is 9.88 Å². The number of halogens is 1. The zero-order chi connectivity index (χ0) is 21.9. The van der Waals surface area contributed by atoms with Crippen LogP contribution in [0.4, 0.5) is 0 Å². The van der Waals surface area contributed by atoms with Crippen LogP contribution in [0.5, 0.6) is 5.75 Å². The van der Waals surface area contributed by atoms with Gasteiger partial charge in [0.1, 0.15) is 10.6 Å². The number of likely N-dealkylation sites (tertiary alicyclic amines) is 1. The summed E-state index contributed by atoms with van der Waals surface area (Å²) in [6.07, 6.45) is 0.729. The molecule has 160 valence electrons. The molecule has 2 aliphatic heterocycles. The summed E-state index contributed by atoms with van der Waals surface area (Å²) in [5.74, 6) is -0.376. The molecule has 3 aromatic rings. The number of hydrogen-bond donors (Lipinski definition) is 1. The Morgan fingerprint density at radius 2 is 1.77 bits per heavy atom. The second-order valence-electron chi connectivity index (χ2n) is 7.69. The molecule has 1 N–H and O–H groups in total. The highest BCUT2D eigenvalue weighted by molar-refractivity contribution is 7.90. The second-order valence-corrected chi connectivity index (χ2v) is 11.3. The predicted molar refractivity (Wildman–Crippen MR) is 118 cm³/mol. The van der Waals surface area contributed by atoms with Crippen LogP contribution in [0.1, 0.15) is 29.0 Å². The molecule has 5 rings (SSSR count). The number of rotatable bonds is 3. The quantitative estimate of drug-likeness (QED) is 0.580. The minimum absolute atomic E-state index is 0.0294. The zero-order valence-electron chi connectivity index (χ0n) is 16.2. The van der Waals surface area contributed by atoms with E-state index in [0.717, 1.165) is 21.4 Å². The summed E-state index contributed by atoms with van der Waals surface area (Å²) in [5, 5.41) is 10.8. The van der Waals surface area contributed by atoms with Gasteiger partial charge in [-0.1, -0.05) is 23.7 Å². The Hall–Kier alpha value is -2.49. The van der Waals surface area contributed by atoms with E-state index in [9.17, 15) is 23.1 Å². The number of amides is 2. The van der Waals surface area contributed by atoms with Crippen LogP contribution in [0.3, 0.4) is 0 Å². The van der Waals surface area contributed by atoms with Crippen molar-refractivity contribution in [2.45, 2.75) is 31.6 Å². The minimum Gasteiger partial charge on any atom is -0.508 e. The maximum Gasteiger partial charge on any atom is 0.230 e. The summed E-state index contributed by atoms with van der Waals surface area (Å²) in [4.78, 5) is 31.5. The monoisotopic (exact) mass is 476 g/mol. The van der Waals surface area contributed by atoms with Gasteiger partial charge in [0, 0.05) is 28.7 Å². The van der Waals surface area contributed by atoms with Crippen molar-refractivity contribution in [3.8, 4) is 16.9 Å². The highest BCUT2D eigenvalue weighted by Gasteiger charge is 2.32. The number of carbonyl (C=O) groups is 2. The van der Waals surface area contributed by atoms with E-state index in [0.29, 0.717) is 27.5 Å². The van der Waals surface area contributed by atoms with Gasteiger partial charge in [-0.25, -0.2) is 13.4 Å². The summed E-state index contributed by atoms with van der Waals surface area (Å²) in [7, 11) is -3.16. The largest absolute Gasteiger partial charge is 0.508 e. The number of sulfone groups is 1. The number of hydrogen-bond acceptors (Lipinski definition) is 7. The SMILES string of the molecule is O=C1CCC(=O)N1Cc1nc2sc3c(c2c(-c2ccc(O)cc2)c1Cl)CCS(=O)(=O)C3. The van der Waals surface area contributed by atoms with E-state index in [1.165, 1.54) is 16.2 Å². The smallest absolute Gasteiger partial charge is 0.230 e. The number of pyridine rings is 1. The first-order valence-electron chi connectivity index (χ1n) is 9.69. The van der Waals surface area contributed by atoms with Gasteiger partial charge in [-0.15, -0.1) is 11.3 Å². The lowest BCUT2D eigenvalue weighted by atomic mass is 9.97. The second kappa shape index (κ2) is 7.29. The average Bonchev–Trinajstić information content (AvgIpc) is 3.22. The first-order valence-corrected chi connectivity index (χ1v) is 12.7. The Morgan fingerprint density at radius 1 is 1.10 bits per heavy atom. The molecule has 1 aromatic carbocycles. The molecule has 2 aromatic heterocycles. The molecule has 2 aliphatic rings. The molecule has 1 fully saturated rings. The normalized spacial score (nSPS) is 18.0. The number of imide groups is 1. The summed E-state index contributed by atoms with van der Waals surface area (Å²) < 4.78 is 24.3. The van der Waals surface area contributed by atoms with Gasteiger partial charge < -0.3 is 5.11 Å². The number of thiophene rings is 1. The molecular weight excluding hydrogens is 460 g/mol. The predicted octanol–water partition coefficient (Wildman–Crippen LogP) is 3.44. The molecule has 0 spiro atoms. The topological polar surface area (TPSA) is 105 Å². The molecule has 0 atom stereocenters. The lowest BCUT2D eigenvalue weighted by Gasteiger charge is -2.18. The van der Waals surface area contributed by atoms with Gasteiger partial charge >= 0.3 is 0 Å². The number of phenolic OH excluding ortho intramolecular Hbond substituents is 1. The van der Waals surface area contributed by atoms with Crippen molar-refractivity contribution in [1.29, 1.82) is 0 Å². The fraction of sp³-hybridized carbons (Fsp3) is 0.286. The van der Waals surface area contributed by atoms with Gasteiger partial charge in [0.25, 0.3) is 0 Å². The number of carbonyl (C=O) groups excluding carboxylic acids is 2. The van der Waals surface area contributed by atoms with E-state index in [4.69, 9.17) is 11.6 Å². The third-order valence-corrected chi connectivity index (χ3v) is 8.93. The molecule has 2 amide bonds. The van der Waals surface area contributed by atoms with Gasteiger partial charge in [0.2, 0.25) is 11.8 Å². The fourth-order valence-electron chi connectivity index (χ4n) is 4.12. The maximum atomic E-state index is 12.2. The molecule has 0 aliphatic carbocycles.